The zero-order valence-corrected chi connectivity index (χ0v) is 13.9. The largest absolute Gasteiger partial charge is 0.310 e. The zero-order chi connectivity index (χ0) is 15.3. The third-order valence-electron chi connectivity index (χ3n) is 2.97. The van der Waals surface area contributed by atoms with Crippen LogP contribution in [0.25, 0.3) is 0 Å². The average Bonchev–Trinajstić information content (AvgIpc) is 2.84. The van der Waals surface area contributed by atoms with Crippen molar-refractivity contribution in [2.24, 2.45) is 0 Å². The molecular formula is C15H23N5S. The van der Waals surface area contributed by atoms with Crippen LogP contribution in [0.3, 0.4) is 0 Å². The third kappa shape index (κ3) is 5.47. The molecule has 114 valence electrons. The molecule has 0 fully saturated rings. The summed E-state index contributed by atoms with van der Waals surface area (Å²) in [6.45, 7) is 10.2. The molecule has 0 aliphatic carbocycles. The van der Waals surface area contributed by atoms with Crippen molar-refractivity contribution in [2.75, 3.05) is 6.54 Å². The van der Waals surface area contributed by atoms with E-state index in [0.29, 0.717) is 0 Å². The maximum atomic E-state index is 4.10. The molecule has 0 aliphatic rings. The lowest BCUT2D eigenvalue weighted by atomic mass is 10.1. The van der Waals surface area contributed by atoms with Crippen molar-refractivity contribution >= 4 is 11.8 Å². The molecule has 1 aromatic carbocycles. The molecular weight excluding hydrogens is 282 g/mol. The Kier molecular flexibility index (Phi) is 5.36. The minimum atomic E-state index is 0.114. The number of aryl methyl sites for hydroxylation is 1. The quantitative estimate of drug-likeness (QED) is 0.832. The smallest absolute Gasteiger partial charge is 0.209 e. The van der Waals surface area contributed by atoms with E-state index in [1.807, 2.05) is 4.68 Å². The number of hydrogen-bond donors (Lipinski definition) is 1. The maximum Gasteiger partial charge on any atom is 0.209 e. The SMILES string of the molecule is Cc1ccc(CSc2nnnn2CCNC(C)(C)C)cc1. The molecule has 21 heavy (non-hydrogen) atoms. The maximum absolute atomic E-state index is 4.10. The normalized spacial score (nSPS) is 11.8. The first-order chi connectivity index (χ1) is 9.94. The van der Waals surface area contributed by atoms with Crippen molar-refractivity contribution in [1.82, 2.24) is 25.5 Å². The second-order valence-electron chi connectivity index (χ2n) is 6.14. The van der Waals surface area contributed by atoms with Gasteiger partial charge in [0.25, 0.3) is 0 Å². The number of rotatable bonds is 6. The van der Waals surface area contributed by atoms with E-state index in [4.69, 9.17) is 0 Å². The standard InChI is InChI=1S/C15H23N5S/c1-12-5-7-13(8-6-12)11-21-14-17-18-19-20(14)10-9-16-15(2,3)4/h5-8,16H,9-11H2,1-4H3. The lowest BCUT2D eigenvalue weighted by molar-refractivity contribution is 0.396. The summed E-state index contributed by atoms with van der Waals surface area (Å²) >= 11 is 1.67. The number of hydrogen-bond acceptors (Lipinski definition) is 5. The van der Waals surface area contributed by atoms with Crippen LogP contribution < -0.4 is 5.32 Å². The van der Waals surface area contributed by atoms with Crippen LogP contribution in [0.15, 0.2) is 29.4 Å². The second kappa shape index (κ2) is 7.04. The second-order valence-corrected chi connectivity index (χ2v) is 7.08. The van der Waals surface area contributed by atoms with Gasteiger partial charge < -0.3 is 5.32 Å². The van der Waals surface area contributed by atoms with Crippen LogP contribution in [-0.2, 0) is 12.3 Å². The lowest BCUT2D eigenvalue weighted by Crippen LogP contribution is -2.38. The molecule has 1 heterocycles. The first kappa shape index (κ1) is 16.0. The van der Waals surface area contributed by atoms with Gasteiger partial charge in [0, 0.05) is 17.8 Å². The van der Waals surface area contributed by atoms with E-state index in [0.717, 1.165) is 24.0 Å². The Bertz CT molecular complexity index is 556. The molecule has 0 radical (unpaired) electrons. The fourth-order valence-corrected chi connectivity index (χ4v) is 2.67. The minimum absolute atomic E-state index is 0.114. The Hall–Kier alpha value is -1.40. The summed E-state index contributed by atoms with van der Waals surface area (Å²) < 4.78 is 1.86. The van der Waals surface area contributed by atoms with Gasteiger partial charge in [-0.25, -0.2) is 4.68 Å². The van der Waals surface area contributed by atoms with E-state index in [2.05, 4.69) is 72.8 Å². The highest BCUT2D eigenvalue weighted by Gasteiger charge is 2.10. The van der Waals surface area contributed by atoms with Gasteiger partial charge in [-0.2, -0.15) is 0 Å². The fraction of sp³-hybridized carbons (Fsp3) is 0.533. The van der Waals surface area contributed by atoms with Crippen molar-refractivity contribution in [1.29, 1.82) is 0 Å². The summed E-state index contributed by atoms with van der Waals surface area (Å²) in [5.41, 5.74) is 2.68. The predicted octanol–water partition coefficient (Wildman–Crippen LogP) is 2.66. The summed E-state index contributed by atoms with van der Waals surface area (Å²) in [5.74, 6) is 0.882. The Labute approximate surface area is 130 Å². The van der Waals surface area contributed by atoms with Crippen molar-refractivity contribution < 1.29 is 0 Å². The van der Waals surface area contributed by atoms with Gasteiger partial charge in [0.15, 0.2) is 0 Å². The van der Waals surface area contributed by atoms with E-state index in [1.165, 1.54) is 11.1 Å². The molecule has 0 bridgehead atoms. The summed E-state index contributed by atoms with van der Waals surface area (Å²) in [5, 5.41) is 16.2. The van der Waals surface area contributed by atoms with Gasteiger partial charge in [-0.15, -0.1) is 5.10 Å². The topological polar surface area (TPSA) is 55.6 Å². The van der Waals surface area contributed by atoms with Crippen LogP contribution in [-0.4, -0.2) is 32.3 Å². The van der Waals surface area contributed by atoms with Crippen LogP contribution in [0.5, 0.6) is 0 Å². The molecule has 0 atom stereocenters. The van der Waals surface area contributed by atoms with E-state index in [1.54, 1.807) is 11.8 Å². The summed E-state index contributed by atoms with van der Waals surface area (Å²) in [6.07, 6.45) is 0. The molecule has 0 saturated heterocycles. The first-order valence-corrected chi connectivity index (χ1v) is 8.12. The van der Waals surface area contributed by atoms with Gasteiger partial charge in [-0.05, 0) is 43.7 Å². The molecule has 0 saturated carbocycles. The van der Waals surface area contributed by atoms with Crippen LogP contribution in [0.4, 0.5) is 0 Å². The van der Waals surface area contributed by atoms with Crippen molar-refractivity contribution in [2.45, 2.75) is 50.7 Å². The molecule has 5 nitrogen and oxygen atoms in total. The Balaban J connectivity index is 1.86. The van der Waals surface area contributed by atoms with Gasteiger partial charge in [-0.1, -0.05) is 41.6 Å². The Morgan fingerprint density at radius 1 is 1.19 bits per heavy atom. The van der Waals surface area contributed by atoms with Crippen LogP contribution >= 0.6 is 11.8 Å². The first-order valence-electron chi connectivity index (χ1n) is 7.13. The van der Waals surface area contributed by atoms with E-state index < -0.39 is 0 Å². The zero-order valence-electron chi connectivity index (χ0n) is 13.1. The van der Waals surface area contributed by atoms with Gasteiger partial charge in [0.2, 0.25) is 5.16 Å². The monoisotopic (exact) mass is 305 g/mol. The van der Waals surface area contributed by atoms with Crippen molar-refractivity contribution in [3.05, 3.63) is 35.4 Å². The van der Waals surface area contributed by atoms with Crippen LogP contribution in [0.2, 0.25) is 0 Å². The van der Waals surface area contributed by atoms with Gasteiger partial charge >= 0.3 is 0 Å². The Morgan fingerprint density at radius 2 is 1.90 bits per heavy atom. The van der Waals surface area contributed by atoms with Gasteiger partial charge in [0.1, 0.15) is 0 Å². The third-order valence-corrected chi connectivity index (χ3v) is 3.99. The van der Waals surface area contributed by atoms with E-state index >= 15 is 0 Å². The molecule has 2 rings (SSSR count). The highest BCUT2D eigenvalue weighted by atomic mass is 32.2. The molecule has 0 unspecified atom stereocenters. The van der Waals surface area contributed by atoms with Crippen LogP contribution in [0, 0.1) is 6.92 Å². The molecule has 0 spiro atoms. The van der Waals surface area contributed by atoms with Gasteiger partial charge in [0.05, 0.1) is 6.54 Å². The number of nitrogens with zero attached hydrogens (tertiary/aromatic N) is 4. The summed E-state index contributed by atoms with van der Waals surface area (Å²) in [4.78, 5) is 0. The number of tetrazole rings is 1. The number of nitrogens with one attached hydrogen (secondary N) is 1. The molecule has 0 amide bonds. The number of thioether (sulfide) groups is 1. The summed E-state index contributed by atoms with van der Waals surface area (Å²) in [7, 11) is 0. The highest BCUT2D eigenvalue weighted by Crippen LogP contribution is 2.20. The lowest BCUT2D eigenvalue weighted by Gasteiger charge is -2.20. The molecule has 1 N–H and O–H groups in total. The highest BCUT2D eigenvalue weighted by molar-refractivity contribution is 7.98. The van der Waals surface area contributed by atoms with Crippen LogP contribution in [0.1, 0.15) is 31.9 Å². The van der Waals surface area contributed by atoms with Crippen molar-refractivity contribution in [3.63, 3.8) is 0 Å². The van der Waals surface area contributed by atoms with Crippen molar-refractivity contribution in [3.8, 4) is 0 Å². The van der Waals surface area contributed by atoms with Gasteiger partial charge in [-0.3, -0.25) is 0 Å². The number of benzene rings is 1. The predicted molar refractivity (Wildman–Crippen MR) is 86.3 cm³/mol. The summed E-state index contributed by atoms with van der Waals surface area (Å²) in [6, 6.07) is 8.56. The fourth-order valence-electron chi connectivity index (χ4n) is 1.81. The minimum Gasteiger partial charge on any atom is -0.310 e. The average molecular weight is 305 g/mol. The number of aromatic nitrogens is 4. The van der Waals surface area contributed by atoms with E-state index in [-0.39, 0.29) is 5.54 Å². The molecule has 6 heteroatoms. The molecule has 0 aliphatic heterocycles. The molecule has 2 aromatic rings. The Morgan fingerprint density at radius 3 is 2.57 bits per heavy atom. The molecule has 1 aromatic heterocycles. The van der Waals surface area contributed by atoms with E-state index in [9.17, 15) is 0 Å².